The molecule has 1 aromatic carbocycles. The van der Waals surface area contributed by atoms with Gasteiger partial charge in [-0.1, -0.05) is 12.8 Å². The zero-order valence-electron chi connectivity index (χ0n) is 24.3. The Hall–Kier alpha value is -3.48. The highest BCUT2D eigenvalue weighted by atomic mass is 19.4. The van der Waals surface area contributed by atoms with Crippen molar-refractivity contribution in [3.05, 3.63) is 41.0 Å². The lowest BCUT2D eigenvalue weighted by Gasteiger charge is -2.33. The molecule has 1 saturated heterocycles. The molecule has 2 heterocycles. The first-order valence-corrected chi connectivity index (χ1v) is 14.7. The number of halogens is 4. The summed E-state index contributed by atoms with van der Waals surface area (Å²) >= 11 is 0. The van der Waals surface area contributed by atoms with Gasteiger partial charge in [0, 0.05) is 44.5 Å². The Balaban J connectivity index is 1.32. The van der Waals surface area contributed by atoms with Gasteiger partial charge in [0.15, 0.2) is 0 Å². The SMILES string of the molecule is COc1cc(C(=O)NC2CCOCC2)c(F)cc1Nc1ncc(C(F)(F)F)c(CC[C@H]2C[C@@]23CCCC[C@H]3NC(C)=O)n1. The number of hydrogen-bond acceptors (Lipinski definition) is 7. The van der Waals surface area contributed by atoms with E-state index >= 15 is 4.39 Å². The lowest BCUT2D eigenvalue weighted by Crippen LogP contribution is -2.43. The van der Waals surface area contributed by atoms with Crippen molar-refractivity contribution in [3.63, 3.8) is 0 Å². The number of rotatable bonds is 9. The molecule has 2 saturated carbocycles. The van der Waals surface area contributed by atoms with E-state index in [0.29, 0.717) is 32.5 Å². The molecule has 13 heteroatoms. The van der Waals surface area contributed by atoms with Gasteiger partial charge in [-0.2, -0.15) is 13.2 Å². The van der Waals surface area contributed by atoms with Crippen LogP contribution in [-0.2, 0) is 22.1 Å². The molecular weight excluding hydrogens is 570 g/mol. The Bertz CT molecular complexity index is 1350. The Morgan fingerprint density at radius 1 is 1.14 bits per heavy atom. The van der Waals surface area contributed by atoms with Crippen molar-refractivity contribution in [1.82, 2.24) is 20.6 Å². The summed E-state index contributed by atoms with van der Waals surface area (Å²) in [7, 11) is 1.34. The van der Waals surface area contributed by atoms with Crippen molar-refractivity contribution in [2.45, 2.75) is 83.0 Å². The number of nitrogens with zero attached hydrogens (tertiary/aromatic N) is 2. The molecule has 1 aromatic heterocycles. The number of alkyl halides is 3. The third-order valence-corrected chi connectivity index (χ3v) is 8.98. The summed E-state index contributed by atoms with van der Waals surface area (Å²) in [4.78, 5) is 32.5. The molecule has 0 unspecified atom stereocenters. The van der Waals surface area contributed by atoms with Gasteiger partial charge >= 0.3 is 6.18 Å². The summed E-state index contributed by atoms with van der Waals surface area (Å²) in [6.45, 7) is 2.50. The second-order valence-corrected chi connectivity index (χ2v) is 11.7. The van der Waals surface area contributed by atoms with Gasteiger partial charge in [0.1, 0.15) is 11.6 Å². The number of benzene rings is 1. The van der Waals surface area contributed by atoms with Crippen molar-refractivity contribution in [2.75, 3.05) is 25.6 Å². The summed E-state index contributed by atoms with van der Waals surface area (Å²) < 4.78 is 67.4. The Morgan fingerprint density at radius 3 is 2.60 bits per heavy atom. The van der Waals surface area contributed by atoms with Crippen LogP contribution >= 0.6 is 0 Å². The van der Waals surface area contributed by atoms with Crippen LogP contribution in [0.1, 0.15) is 79.9 Å². The average molecular weight is 608 g/mol. The van der Waals surface area contributed by atoms with E-state index in [-0.39, 0.29) is 64.4 Å². The number of amides is 2. The second kappa shape index (κ2) is 12.6. The third kappa shape index (κ3) is 7.02. The monoisotopic (exact) mass is 607 g/mol. The number of nitrogens with one attached hydrogen (secondary N) is 3. The Kier molecular flexibility index (Phi) is 9.10. The third-order valence-electron chi connectivity index (χ3n) is 8.98. The van der Waals surface area contributed by atoms with Crippen LogP contribution in [0.4, 0.5) is 29.2 Å². The van der Waals surface area contributed by atoms with Crippen LogP contribution in [-0.4, -0.2) is 54.2 Å². The van der Waals surface area contributed by atoms with Gasteiger partial charge in [-0.3, -0.25) is 9.59 Å². The highest BCUT2D eigenvalue weighted by molar-refractivity contribution is 5.96. The van der Waals surface area contributed by atoms with Crippen molar-refractivity contribution in [1.29, 1.82) is 0 Å². The van der Waals surface area contributed by atoms with Crippen LogP contribution in [0.3, 0.4) is 0 Å². The zero-order valence-corrected chi connectivity index (χ0v) is 24.3. The van der Waals surface area contributed by atoms with Crippen molar-refractivity contribution >= 4 is 23.5 Å². The summed E-state index contributed by atoms with van der Waals surface area (Å²) in [6, 6.07) is 2.18. The fourth-order valence-electron chi connectivity index (χ4n) is 6.68. The molecule has 3 fully saturated rings. The highest BCUT2D eigenvalue weighted by Crippen LogP contribution is 2.63. The molecule has 1 aliphatic heterocycles. The molecule has 2 amide bonds. The Morgan fingerprint density at radius 2 is 1.91 bits per heavy atom. The number of aromatic nitrogens is 2. The molecule has 234 valence electrons. The molecule has 5 rings (SSSR count). The molecule has 43 heavy (non-hydrogen) atoms. The minimum absolute atomic E-state index is 0.0394. The zero-order chi connectivity index (χ0) is 30.8. The Labute approximate surface area is 247 Å². The van der Waals surface area contributed by atoms with E-state index in [1.165, 1.54) is 20.1 Å². The number of methoxy groups -OCH3 is 1. The predicted molar refractivity (Wildman–Crippen MR) is 150 cm³/mol. The first kappa shape index (κ1) is 31.0. The van der Waals surface area contributed by atoms with E-state index < -0.39 is 23.5 Å². The maximum absolute atomic E-state index is 15.1. The standard InChI is InChI=1S/C30H37F4N5O4/c1-17(40)36-26-5-3-4-10-29(26)15-18(29)6-7-23-21(30(32,33)34)16-35-28(38-23)39-24-14-22(31)20(13-25(24)42-2)27(41)37-19-8-11-43-12-9-19/h13-14,16,18-19,26H,3-12,15H2,1-2H3,(H,36,40)(H,37,41)(H,35,38,39)/t18-,26+,29-/m0/s1. The second-order valence-electron chi connectivity index (χ2n) is 11.7. The minimum Gasteiger partial charge on any atom is -0.495 e. The molecule has 0 bridgehead atoms. The molecule has 2 aliphatic carbocycles. The minimum atomic E-state index is -4.65. The van der Waals surface area contributed by atoms with Gasteiger partial charge in [-0.05, 0) is 62.3 Å². The van der Waals surface area contributed by atoms with E-state index in [0.717, 1.165) is 44.4 Å². The molecule has 9 nitrogen and oxygen atoms in total. The summed E-state index contributed by atoms with van der Waals surface area (Å²) in [5.74, 6) is -1.39. The normalized spacial score (nSPS) is 24.0. The van der Waals surface area contributed by atoms with Crippen molar-refractivity contribution in [2.24, 2.45) is 11.3 Å². The number of ether oxygens (including phenoxy) is 2. The number of aryl methyl sites for hydroxylation is 1. The first-order chi connectivity index (χ1) is 20.5. The predicted octanol–water partition coefficient (Wildman–Crippen LogP) is 5.31. The van der Waals surface area contributed by atoms with Crippen LogP contribution in [0.2, 0.25) is 0 Å². The van der Waals surface area contributed by atoms with Crippen LogP contribution in [0, 0.1) is 17.2 Å². The fourth-order valence-corrected chi connectivity index (χ4v) is 6.68. The van der Waals surface area contributed by atoms with Crippen molar-refractivity contribution < 1.29 is 36.6 Å². The average Bonchev–Trinajstić information content (AvgIpc) is 3.65. The van der Waals surface area contributed by atoms with Crippen LogP contribution < -0.4 is 20.7 Å². The number of carbonyl (C=O) groups excluding carboxylic acids is 2. The summed E-state index contributed by atoms with van der Waals surface area (Å²) in [5.41, 5.74) is -1.31. The van der Waals surface area contributed by atoms with E-state index in [1.54, 1.807) is 0 Å². The molecule has 3 atom stereocenters. The maximum atomic E-state index is 15.1. The van der Waals surface area contributed by atoms with E-state index in [1.807, 2.05) is 0 Å². The van der Waals surface area contributed by atoms with Crippen molar-refractivity contribution in [3.8, 4) is 5.75 Å². The highest BCUT2D eigenvalue weighted by Gasteiger charge is 2.58. The lowest BCUT2D eigenvalue weighted by atomic mass is 9.79. The topological polar surface area (TPSA) is 114 Å². The van der Waals surface area contributed by atoms with Crippen LogP contribution in [0.25, 0.3) is 0 Å². The molecule has 0 radical (unpaired) electrons. The van der Waals surface area contributed by atoms with Gasteiger partial charge in [0.2, 0.25) is 11.9 Å². The molecule has 3 aliphatic rings. The fraction of sp³-hybridized carbons (Fsp3) is 0.600. The van der Waals surface area contributed by atoms with E-state index in [4.69, 9.17) is 9.47 Å². The van der Waals surface area contributed by atoms with E-state index in [2.05, 4.69) is 25.9 Å². The molecular formula is C30H37F4N5O4. The van der Waals surface area contributed by atoms with Gasteiger partial charge < -0.3 is 25.4 Å². The number of anilines is 2. The maximum Gasteiger partial charge on any atom is 0.419 e. The van der Waals surface area contributed by atoms with Gasteiger partial charge in [-0.15, -0.1) is 0 Å². The summed E-state index contributed by atoms with van der Waals surface area (Å²) in [5, 5.41) is 8.62. The van der Waals surface area contributed by atoms with Gasteiger partial charge in [-0.25, -0.2) is 14.4 Å². The quantitative estimate of drug-likeness (QED) is 0.331. The number of hydrogen-bond donors (Lipinski definition) is 3. The molecule has 3 N–H and O–H groups in total. The summed E-state index contributed by atoms with van der Waals surface area (Å²) in [6.07, 6.45) is 2.62. The largest absolute Gasteiger partial charge is 0.495 e. The van der Waals surface area contributed by atoms with Gasteiger partial charge in [0.05, 0.1) is 29.6 Å². The first-order valence-electron chi connectivity index (χ1n) is 14.7. The number of carbonyl (C=O) groups is 2. The molecule has 1 spiro atoms. The smallest absolute Gasteiger partial charge is 0.419 e. The lowest BCUT2D eigenvalue weighted by molar-refractivity contribution is -0.138. The van der Waals surface area contributed by atoms with Gasteiger partial charge in [0.25, 0.3) is 5.91 Å². The van der Waals surface area contributed by atoms with Crippen LogP contribution in [0.5, 0.6) is 5.75 Å². The van der Waals surface area contributed by atoms with E-state index in [9.17, 15) is 22.8 Å². The van der Waals surface area contributed by atoms with Crippen LogP contribution in [0.15, 0.2) is 18.3 Å². The molecule has 2 aromatic rings.